The van der Waals surface area contributed by atoms with E-state index in [2.05, 4.69) is 6.58 Å². The smallest absolute Gasteiger partial charge is 0.100 e. The van der Waals surface area contributed by atoms with Gasteiger partial charge in [0.05, 0.1) is 5.92 Å². The van der Waals surface area contributed by atoms with Gasteiger partial charge in [0.2, 0.25) is 0 Å². The topological polar surface area (TPSA) is 20.2 Å². The third-order valence-corrected chi connectivity index (χ3v) is 0.837. The SMILES string of the molecule is C=CC1C=C1O. The molecule has 0 saturated heterocycles. The van der Waals surface area contributed by atoms with Gasteiger partial charge in [-0.25, -0.2) is 0 Å². The normalized spacial score (nSPS) is 28.7. The first kappa shape index (κ1) is 3.47. The average molecular weight is 82.1 g/mol. The Morgan fingerprint density at radius 2 is 2.50 bits per heavy atom. The van der Waals surface area contributed by atoms with Crippen LogP contribution in [-0.2, 0) is 0 Å². The first-order valence-corrected chi connectivity index (χ1v) is 1.88. The van der Waals surface area contributed by atoms with E-state index in [1.54, 1.807) is 12.2 Å². The summed E-state index contributed by atoms with van der Waals surface area (Å²) in [6.45, 7) is 3.46. The van der Waals surface area contributed by atoms with Gasteiger partial charge in [0.25, 0.3) is 0 Å². The van der Waals surface area contributed by atoms with E-state index in [9.17, 15) is 0 Å². The Bertz CT molecular complexity index is 103. The van der Waals surface area contributed by atoms with E-state index in [1.165, 1.54) is 0 Å². The molecule has 1 rings (SSSR count). The van der Waals surface area contributed by atoms with Crippen molar-refractivity contribution in [1.29, 1.82) is 0 Å². The van der Waals surface area contributed by atoms with E-state index in [-0.39, 0.29) is 5.92 Å². The third kappa shape index (κ3) is 0.322. The molecule has 1 atom stereocenters. The van der Waals surface area contributed by atoms with Crippen LogP contribution in [0.3, 0.4) is 0 Å². The number of aliphatic hydroxyl groups excluding tert-OH is 1. The summed E-state index contributed by atoms with van der Waals surface area (Å²) in [5, 5.41) is 8.42. The highest BCUT2D eigenvalue weighted by molar-refractivity contribution is 5.27. The van der Waals surface area contributed by atoms with Crippen molar-refractivity contribution in [2.24, 2.45) is 5.92 Å². The van der Waals surface area contributed by atoms with Gasteiger partial charge in [0.15, 0.2) is 0 Å². The second-order valence-electron chi connectivity index (χ2n) is 1.35. The zero-order valence-electron chi connectivity index (χ0n) is 3.39. The molecule has 1 nitrogen and oxygen atoms in total. The monoisotopic (exact) mass is 82.0 g/mol. The second-order valence-corrected chi connectivity index (χ2v) is 1.35. The van der Waals surface area contributed by atoms with Crippen LogP contribution >= 0.6 is 0 Å². The third-order valence-electron chi connectivity index (χ3n) is 0.837. The number of hydrogen-bond acceptors (Lipinski definition) is 1. The van der Waals surface area contributed by atoms with E-state index in [0.29, 0.717) is 5.76 Å². The van der Waals surface area contributed by atoms with Crippen LogP contribution in [0.2, 0.25) is 0 Å². The van der Waals surface area contributed by atoms with Gasteiger partial charge in [0.1, 0.15) is 5.76 Å². The predicted octanol–water partition coefficient (Wildman–Crippen LogP) is 1.24. The zero-order valence-corrected chi connectivity index (χ0v) is 3.39. The van der Waals surface area contributed by atoms with Crippen LogP contribution in [-0.4, -0.2) is 5.11 Å². The van der Waals surface area contributed by atoms with Gasteiger partial charge in [-0.2, -0.15) is 0 Å². The van der Waals surface area contributed by atoms with E-state index >= 15 is 0 Å². The van der Waals surface area contributed by atoms with Gasteiger partial charge in [-0.3, -0.25) is 0 Å². The molecule has 0 bridgehead atoms. The molecular weight excluding hydrogens is 76.1 g/mol. The molecule has 0 aromatic rings. The first-order valence-electron chi connectivity index (χ1n) is 1.88. The highest BCUT2D eigenvalue weighted by Gasteiger charge is 2.18. The van der Waals surface area contributed by atoms with Crippen LogP contribution in [0.1, 0.15) is 0 Å². The lowest BCUT2D eigenvalue weighted by Gasteiger charge is -1.74. The van der Waals surface area contributed by atoms with Crippen LogP contribution in [0, 0.1) is 5.92 Å². The molecule has 1 aliphatic rings. The largest absolute Gasteiger partial charge is 0.512 e. The van der Waals surface area contributed by atoms with Crippen molar-refractivity contribution in [2.45, 2.75) is 0 Å². The molecule has 0 aromatic carbocycles. The molecule has 0 radical (unpaired) electrons. The maximum absolute atomic E-state index is 8.42. The Morgan fingerprint density at radius 1 is 2.00 bits per heavy atom. The van der Waals surface area contributed by atoms with Gasteiger partial charge in [-0.1, -0.05) is 6.08 Å². The van der Waals surface area contributed by atoms with Crippen LogP contribution in [0.15, 0.2) is 24.5 Å². The maximum atomic E-state index is 8.42. The van der Waals surface area contributed by atoms with Crippen molar-refractivity contribution in [2.75, 3.05) is 0 Å². The number of aliphatic hydroxyl groups is 1. The molecule has 1 aliphatic carbocycles. The van der Waals surface area contributed by atoms with E-state index in [1.807, 2.05) is 0 Å². The van der Waals surface area contributed by atoms with Crippen molar-refractivity contribution >= 4 is 0 Å². The molecule has 32 valence electrons. The molecule has 1 N–H and O–H groups in total. The molecule has 0 aliphatic heterocycles. The predicted molar refractivity (Wildman–Crippen MR) is 24.4 cm³/mol. The second kappa shape index (κ2) is 0.869. The molecule has 1 unspecified atom stereocenters. The van der Waals surface area contributed by atoms with Crippen molar-refractivity contribution < 1.29 is 5.11 Å². The van der Waals surface area contributed by atoms with Gasteiger partial charge in [-0.15, -0.1) is 6.58 Å². The van der Waals surface area contributed by atoms with Crippen molar-refractivity contribution in [3.8, 4) is 0 Å². The molecule has 0 aromatic heterocycles. The molecule has 1 heteroatoms. The first-order chi connectivity index (χ1) is 2.84. The number of rotatable bonds is 1. The van der Waals surface area contributed by atoms with Gasteiger partial charge >= 0.3 is 0 Å². The lowest BCUT2D eigenvalue weighted by Crippen LogP contribution is -1.66. The Labute approximate surface area is 36.6 Å². The summed E-state index contributed by atoms with van der Waals surface area (Å²) in [7, 11) is 0. The minimum absolute atomic E-state index is 0.213. The fourth-order valence-electron chi connectivity index (χ4n) is 0.325. The van der Waals surface area contributed by atoms with Gasteiger partial charge in [-0.05, 0) is 6.08 Å². The number of allylic oxidation sites excluding steroid dienone is 2. The number of hydrogen-bond donors (Lipinski definition) is 1. The van der Waals surface area contributed by atoms with E-state index in [4.69, 9.17) is 5.11 Å². The highest BCUT2D eigenvalue weighted by atomic mass is 16.3. The summed E-state index contributed by atoms with van der Waals surface area (Å²) in [6, 6.07) is 0. The molecular formula is C5H6O. The van der Waals surface area contributed by atoms with Crippen LogP contribution < -0.4 is 0 Å². The van der Waals surface area contributed by atoms with E-state index in [0.717, 1.165) is 0 Å². The standard InChI is InChI=1S/C5H6O/c1-2-4-3-5(4)6/h2-4,6H,1H2. The van der Waals surface area contributed by atoms with Crippen LogP contribution in [0.5, 0.6) is 0 Å². The Morgan fingerprint density at radius 3 is 2.50 bits per heavy atom. The summed E-state index contributed by atoms with van der Waals surface area (Å²) < 4.78 is 0. The Balaban J connectivity index is 2.35. The molecule has 0 saturated carbocycles. The molecule has 6 heavy (non-hydrogen) atoms. The average Bonchev–Trinajstić information content (AvgIpc) is 2.19. The summed E-state index contributed by atoms with van der Waals surface area (Å²) >= 11 is 0. The lowest BCUT2D eigenvalue weighted by molar-refractivity contribution is 0.422. The van der Waals surface area contributed by atoms with Crippen LogP contribution in [0.25, 0.3) is 0 Å². The Kier molecular flexibility index (Phi) is 0.502. The highest BCUT2D eigenvalue weighted by Crippen LogP contribution is 2.25. The summed E-state index contributed by atoms with van der Waals surface area (Å²) in [4.78, 5) is 0. The zero-order chi connectivity index (χ0) is 4.57. The molecule has 0 spiro atoms. The Hall–Kier alpha value is -0.720. The van der Waals surface area contributed by atoms with Gasteiger partial charge in [0, 0.05) is 0 Å². The minimum atomic E-state index is 0.213. The quantitative estimate of drug-likeness (QED) is 0.472. The lowest BCUT2D eigenvalue weighted by atomic mass is 10.4. The molecule has 0 heterocycles. The van der Waals surface area contributed by atoms with Crippen molar-refractivity contribution in [3.05, 3.63) is 24.5 Å². The van der Waals surface area contributed by atoms with Crippen molar-refractivity contribution in [3.63, 3.8) is 0 Å². The molecule has 0 fully saturated rings. The maximum Gasteiger partial charge on any atom is 0.100 e. The van der Waals surface area contributed by atoms with Crippen molar-refractivity contribution in [1.82, 2.24) is 0 Å². The van der Waals surface area contributed by atoms with E-state index < -0.39 is 0 Å². The molecule has 0 amide bonds. The fraction of sp³-hybridized carbons (Fsp3) is 0.200. The van der Waals surface area contributed by atoms with Gasteiger partial charge < -0.3 is 5.11 Å². The summed E-state index contributed by atoms with van der Waals surface area (Å²) in [5.74, 6) is 0.676. The minimum Gasteiger partial charge on any atom is -0.512 e. The summed E-state index contributed by atoms with van der Waals surface area (Å²) in [5.41, 5.74) is 0. The summed E-state index contributed by atoms with van der Waals surface area (Å²) in [6.07, 6.45) is 3.45. The van der Waals surface area contributed by atoms with Crippen LogP contribution in [0.4, 0.5) is 0 Å². The fourth-order valence-corrected chi connectivity index (χ4v) is 0.325.